The minimum Gasteiger partial charge on any atom is -0.495 e. The van der Waals surface area contributed by atoms with Crippen LogP contribution < -0.4 is 10.1 Å². The monoisotopic (exact) mass is 313 g/mol. The lowest BCUT2D eigenvalue weighted by molar-refractivity contribution is -0.156. The van der Waals surface area contributed by atoms with E-state index in [4.69, 9.17) is 25.8 Å². The number of esters is 1. The second-order valence-corrected chi connectivity index (χ2v) is 4.94. The Bertz CT molecular complexity index is 528. The first-order chi connectivity index (χ1) is 10.1. The van der Waals surface area contributed by atoms with E-state index in [-0.39, 0.29) is 6.61 Å². The summed E-state index contributed by atoms with van der Waals surface area (Å²) in [6.07, 6.45) is 0.896. The van der Waals surface area contributed by atoms with Crippen LogP contribution >= 0.6 is 11.6 Å². The Morgan fingerprint density at radius 1 is 1.48 bits per heavy atom. The molecule has 1 aromatic rings. The summed E-state index contributed by atoms with van der Waals surface area (Å²) < 4.78 is 15.2. The van der Waals surface area contributed by atoms with E-state index in [2.05, 4.69) is 5.32 Å². The van der Waals surface area contributed by atoms with Crippen molar-refractivity contribution in [1.29, 1.82) is 0 Å². The number of rotatable bonds is 5. The maximum absolute atomic E-state index is 11.8. The van der Waals surface area contributed by atoms with Crippen molar-refractivity contribution in [3.05, 3.63) is 23.2 Å². The molecule has 0 aromatic heterocycles. The second-order valence-electron chi connectivity index (χ2n) is 4.50. The molecule has 0 bridgehead atoms. The molecule has 1 atom stereocenters. The second kappa shape index (κ2) is 7.28. The third-order valence-corrected chi connectivity index (χ3v) is 3.21. The number of amides is 1. The molecule has 0 unspecified atom stereocenters. The van der Waals surface area contributed by atoms with Crippen LogP contribution in [0.5, 0.6) is 5.75 Å². The summed E-state index contributed by atoms with van der Waals surface area (Å²) in [5, 5.41) is 3.04. The summed E-state index contributed by atoms with van der Waals surface area (Å²) in [7, 11) is 1.48. The molecule has 1 amide bonds. The van der Waals surface area contributed by atoms with Crippen LogP contribution in [0.3, 0.4) is 0 Å². The minimum atomic E-state index is -0.557. The van der Waals surface area contributed by atoms with Crippen LogP contribution in [0.2, 0.25) is 5.02 Å². The summed E-state index contributed by atoms with van der Waals surface area (Å²) in [5.74, 6) is -0.513. The van der Waals surface area contributed by atoms with Gasteiger partial charge in [0.25, 0.3) is 5.91 Å². The van der Waals surface area contributed by atoms with Crippen LogP contribution in [0.4, 0.5) is 5.69 Å². The molecular weight excluding hydrogens is 298 g/mol. The van der Waals surface area contributed by atoms with Gasteiger partial charge in [-0.2, -0.15) is 0 Å². The first-order valence-corrected chi connectivity index (χ1v) is 6.89. The molecule has 0 radical (unpaired) electrons. The third kappa shape index (κ3) is 4.34. The molecule has 1 aliphatic heterocycles. The summed E-state index contributed by atoms with van der Waals surface area (Å²) in [5.41, 5.74) is 0.420. The Morgan fingerprint density at radius 3 is 2.95 bits per heavy atom. The Balaban J connectivity index is 1.86. The van der Waals surface area contributed by atoms with E-state index in [1.807, 2.05) is 0 Å². The molecule has 21 heavy (non-hydrogen) atoms. The smallest absolute Gasteiger partial charge is 0.335 e. The van der Waals surface area contributed by atoms with Crippen molar-refractivity contribution in [3.8, 4) is 5.75 Å². The van der Waals surface area contributed by atoms with Gasteiger partial charge in [0.15, 0.2) is 12.7 Å². The van der Waals surface area contributed by atoms with Crippen molar-refractivity contribution in [2.75, 3.05) is 25.6 Å². The van der Waals surface area contributed by atoms with Crippen LogP contribution in [0.15, 0.2) is 18.2 Å². The zero-order valence-corrected chi connectivity index (χ0v) is 12.3. The van der Waals surface area contributed by atoms with Gasteiger partial charge in [0.1, 0.15) is 5.75 Å². The molecule has 0 saturated carbocycles. The molecule has 6 nitrogen and oxygen atoms in total. The van der Waals surface area contributed by atoms with E-state index in [1.165, 1.54) is 7.11 Å². The number of benzene rings is 1. The van der Waals surface area contributed by atoms with Gasteiger partial charge in [0.2, 0.25) is 0 Å². The average Bonchev–Trinajstić information content (AvgIpc) is 2.99. The molecule has 1 N–H and O–H groups in total. The predicted molar refractivity (Wildman–Crippen MR) is 76.6 cm³/mol. The van der Waals surface area contributed by atoms with Gasteiger partial charge in [-0.1, -0.05) is 11.6 Å². The van der Waals surface area contributed by atoms with Gasteiger partial charge in [-0.3, -0.25) is 4.79 Å². The Kier molecular flexibility index (Phi) is 5.41. The highest BCUT2D eigenvalue weighted by atomic mass is 35.5. The van der Waals surface area contributed by atoms with Gasteiger partial charge < -0.3 is 19.5 Å². The zero-order valence-electron chi connectivity index (χ0n) is 11.6. The van der Waals surface area contributed by atoms with Crippen molar-refractivity contribution in [3.63, 3.8) is 0 Å². The summed E-state index contributed by atoms with van der Waals surface area (Å²) >= 11 is 5.86. The first-order valence-electron chi connectivity index (χ1n) is 6.52. The molecule has 1 aliphatic rings. The van der Waals surface area contributed by atoms with Crippen molar-refractivity contribution in [1.82, 2.24) is 0 Å². The normalized spacial score (nSPS) is 17.3. The molecule has 1 aromatic carbocycles. The summed E-state index contributed by atoms with van der Waals surface area (Å²) in [6, 6.07) is 4.84. The topological polar surface area (TPSA) is 73.9 Å². The SMILES string of the molecule is COc1ccc(Cl)cc1NC(=O)COC(=O)[C@@H]1CCCO1. The molecule has 114 valence electrons. The molecule has 0 spiro atoms. The number of carbonyl (C=O) groups excluding carboxylic acids is 2. The fourth-order valence-corrected chi connectivity index (χ4v) is 2.13. The fraction of sp³-hybridized carbons (Fsp3) is 0.429. The maximum atomic E-state index is 11.8. The zero-order chi connectivity index (χ0) is 15.2. The lowest BCUT2D eigenvalue weighted by atomic mass is 10.2. The highest BCUT2D eigenvalue weighted by molar-refractivity contribution is 6.31. The van der Waals surface area contributed by atoms with Crippen molar-refractivity contribution in [2.24, 2.45) is 0 Å². The third-order valence-electron chi connectivity index (χ3n) is 2.97. The number of anilines is 1. The van der Waals surface area contributed by atoms with Crippen LogP contribution in [0.1, 0.15) is 12.8 Å². The van der Waals surface area contributed by atoms with Crippen LogP contribution in [0, 0.1) is 0 Å². The predicted octanol–water partition coefficient (Wildman–Crippen LogP) is 2.01. The number of ether oxygens (including phenoxy) is 3. The quantitative estimate of drug-likeness (QED) is 0.842. The van der Waals surface area contributed by atoms with E-state index < -0.39 is 18.0 Å². The Morgan fingerprint density at radius 2 is 2.29 bits per heavy atom. The van der Waals surface area contributed by atoms with E-state index in [9.17, 15) is 9.59 Å². The van der Waals surface area contributed by atoms with Gasteiger partial charge in [0, 0.05) is 11.6 Å². The van der Waals surface area contributed by atoms with Gasteiger partial charge in [-0.15, -0.1) is 0 Å². The highest BCUT2D eigenvalue weighted by Gasteiger charge is 2.25. The van der Waals surface area contributed by atoms with Crippen LogP contribution in [0.25, 0.3) is 0 Å². The maximum Gasteiger partial charge on any atom is 0.335 e. The number of methoxy groups -OCH3 is 1. The van der Waals surface area contributed by atoms with Gasteiger partial charge in [-0.05, 0) is 31.0 Å². The van der Waals surface area contributed by atoms with Crippen molar-refractivity contribution >= 4 is 29.2 Å². The van der Waals surface area contributed by atoms with E-state index >= 15 is 0 Å². The number of hydrogen-bond acceptors (Lipinski definition) is 5. The molecule has 0 aliphatic carbocycles. The summed E-state index contributed by atoms with van der Waals surface area (Å²) in [6.45, 7) is 0.167. The first kappa shape index (κ1) is 15.6. The van der Waals surface area contributed by atoms with Crippen LogP contribution in [-0.2, 0) is 19.1 Å². The molecule has 7 heteroatoms. The number of halogens is 1. The van der Waals surface area contributed by atoms with Gasteiger partial charge >= 0.3 is 5.97 Å². The van der Waals surface area contributed by atoms with Gasteiger partial charge in [-0.25, -0.2) is 4.79 Å². The lowest BCUT2D eigenvalue weighted by Crippen LogP contribution is -2.27. The Hall–Kier alpha value is -1.79. The van der Waals surface area contributed by atoms with E-state index in [0.717, 1.165) is 6.42 Å². The van der Waals surface area contributed by atoms with Gasteiger partial charge in [0.05, 0.1) is 12.8 Å². The molecule has 1 heterocycles. The standard InChI is InChI=1S/C14H16ClNO5/c1-19-11-5-4-9(15)7-10(11)16-13(17)8-21-14(18)12-3-2-6-20-12/h4-5,7,12H,2-3,6,8H2,1H3,(H,16,17)/t12-/m0/s1. The Labute approximate surface area is 127 Å². The minimum absolute atomic E-state index is 0.381. The van der Waals surface area contributed by atoms with Crippen molar-refractivity contribution in [2.45, 2.75) is 18.9 Å². The highest BCUT2D eigenvalue weighted by Crippen LogP contribution is 2.27. The number of nitrogens with one attached hydrogen (secondary N) is 1. The fourth-order valence-electron chi connectivity index (χ4n) is 1.96. The van der Waals surface area contributed by atoms with Crippen molar-refractivity contribution < 1.29 is 23.8 Å². The number of carbonyl (C=O) groups is 2. The molecule has 2 rings (SSSR count). The average molecular weight is 314 g/mol. The largest absolute Gasteiger partial charge is 0.495 e. The molecule has 1 fully saturated rings. The number of hydrogen-bond donors (Lipinski definition) is 1. The van der Waals surface area contributed by atoms with E-state index in [0.29, 0.717) is 29.5 Å². The molecular formula is C14H16ClNO5. The van der Waals surface area contributed by atoms with E-state index in [1.54, 1.807) is 18.2 Å². The molecule has 1 saturated heterocycles. The summed E-state index contributed by atoms with van der Waals surface area (Å²) in [4.78, 5) is 23.4. The van der Waals surface area contributed by atoms with Crippen LogP contribution in [-0.4, -0.2) is 38.3 Å². The lowest BCUT2D eigenvalue weighted by Gasteiger charge is -2.12.